The molecule has 0 spiro atoms. The van der Waals surface area contributed by atoms with Gasteiger partial charge in [0.15, 0.2) is 6.23 Å². The van der Waals surface area contributed by atoms with E-state index in [-0.39, 0.29) is 12.4 Å². The summed E-state index contributed by atoms with van der Waals surface area (Å²) in [5, 5.41) is 29.2. The van der Waals surface area contributed by atoms with Gasteiger partial charge in [0, 0.05) is 14.1 Å². The number of hydrogen-bond donors (Lipinski definition) is 4. The highest BCUT2D eigenvalue weighted by Gasteiger charge is 2.48. The van der Waals surface area contributed by atoms with E-state index in [0.717, 1.165) is 0 Å². The highest BCUT2D eigenvalue weighted by atomic mass is 16.6. The number of aromatic amines is 1. The van der Waals surface area contributed by atoms with Crippen LogP contribution in [0.3, 0.4) is 0 Å². The summed E-state index contributed by atoms with van der Waals surface area (Å²) in [5.74, 6) is 0.297. The number of fused-ring (bicyclic) bond motifs is 1. The largest absolute Gasteiger partial charge is 0.394 e. The molecule has 2 aliphatic heterocycles. The lowest BCUT2D eigenvalue weighted by molar-refractivity contribution is -0.0223. The first-order valence-corrected chi connectivity index (χ1v) is 6.80. The summed E-state index contributed by atoms with van der Waals surface area (Å²) in [4.78, 5) is 29.1. The third-order valence-corrected chi connectivity index (χ3v) is 4.11. The molecule has 4 N–H and O–H groups in total. The Morgan fingerprint density at radius 3 is 2.55 bits per heavy atom. The molecule has 10 nitrogen and oxygen atoms in total. The number of rotatable bonds is 2. The third-order valence-electron chi connectivity index (χ3n) is 4.11. The first-order valence-electron chi connectivity index (χ1n) is 6.80. The smallest absolute Gasteiger partial charge is 0.329 e. The number of nitrogens with zero attached hydrogens (tertiary/aromatic N) is 3. The number of aromatic nitrogens is 2. The van der Waals surface area contributed by atoms with Gasteiger partial charge in [-0.05, 0) is 0 Å². The molecule has 3 heterocycles. The number of anilines is 2. The fourth-order valence-electron chi connectivity index (χ4n) is 2.97. The molecule has 3 rings (SSSR count). The van der Waals surface area contributed by atoms with Crippen molar-refractivity contribution in [1.29, 1.82) is 0 Å². The Bertz CT molecular complexity index is 700. The average molecular weight is 314 g/mol. The van der Waals surface area contributed by atoms with Crippen LogP contribution in [0.25, 0.3) is 0 Å². The van der Waals surface area contributed by atoms with E-state index in [1.807, 2.05) is 0 Å². The zero-order valence-corrected chi connectivity index (χ0v) is 12.1. The zero-order chi connectivity index (χ0) is 16.2. The quantitative estimate of drug-likeness (QED) is 0.447. The van der Waals surface area contributed by atoms with E-state index in [9.17, 15) is 19.8 Å². The predicted octanol–water partition coefficient (Wildman–Crippen LogP) is -3.27. The van der Waals surface area contributed by atoms with E-state index < -0.39 is 42.4 Å². The molecule has 0 bridgehead atoms. The Kier molecular flexibility index (Phi) is 3.48. The lowest BCUT2D eigenvalue weighted by Gasteiger charge is -2.28. The van der Waals surface area contributed by atoms with E-state index in [4.69, 9.17) is 9.84 Å². The van der Waals surface area contributed by atoms with Gasteiger partial charge in [-0.15, -0.1) is 0 Å². The fourth-order valence-corrected chi connectivity index (χ4v) is 2.97. The normalized spacial score (nSPS) is 31.0. The summed E-state index contributed by atoms with van der Waals surface area (Å²) in [5.41, 5.74) is -0.842. The monoisotopic (exact) mass is 314 g/mol. The molecule has 22 heavy (non-hydrogen) atoms. The Morgan fingerprint density at radius 2 is 1.95 bits per heavy atom. The van der Waals surface area contributed by atoms with Gasteiger partial charge in [-0.2, -0.15) is 0 Å². The van der Waals surface area contributed by atoms with Gasteiger partial charge < -0.3 is 29.9 Å². The Balaban J connectivity index is 2.07. The average Bonchev–Trinajstić information content (AvgIpc) is 2.95. The highest BCUT2D eigenvalue weighted by Crippen LogP contribution is 2.35. The van der Waals surface area contributed by atoms with E-state index in [2.05, 4.69) is 4.98 Å². The van der Waals surface area contributed by atoms with Crippen LogP contribution in [0.15, 0.2) is 9.59 Å². The van der Waals surface area contributed by atoms with Crippen LogP contribution in [0.1, 0.15) is 0 Å². The van der Waals surface area contributed by atoms with Crippen LogP contribution in [-0.2, 0) is 11.8 Å². The molecule has 0 amide bonds. The molecule has 2 aliphatic rings. The van der Waals surface area contributed by atoms with Crippen molar-refractivity contribution in [2.24, 2.45) is 7.05 Å². The zero-order valence-electron chi connectivity index (χ0n) is 12.1. The molecule has 122 valence electrons. The molecule has 0 unspecified atom stereocenters. The van der Waals surface area contributed by atoms with Crippen molar-refractivity contribution >= 4 is 11.5 Å². The van der Waals surface area contributed by atoms with Crippen LogP contribution in [0.4, 0.5) is 11.5 Å². The molecule has 0 aromatic carbocycles. The van der Waals surface area contributed by atoms with Crippen molar-refractivity contribution in [3.63, 3.8) is 0 Å². The molecule has 1 aromatic heterocycles. The molecule has 1 fully saturated rings. The summed E-state index contributed by atoms with van der Waals surface area (Å²) in [6.45, 7) is -0.248. The first kappa shape index (κ1) is 15.0. The van der Waals surface area contributed by atoms with Crippen molar-refractivity contribution in [1.82, 2.24) is 9.55 Å². The van der Waals surface area contributed by atoms with Crippen LogP contribution < -0.4 is 21.0 Å². The van der Waals surface area contributed by atoms with Gasteiger partial charge in [-0.3, -0.25) is 14.3 Å². The fraction of sp³-hybridized carbons (Fsp3) is 0.667. The number of nitrogens with one attached hydrogen (secondary N) is 1. The number of aliphatic hydroxyl groups excluding tert-OH is 3. The van der Waals surface area contributed by atoms with Gasteiger partial charge in [0.2, 0.25) is 0 Å². The molecule has 0 aliphatic carbocycles. The van der Waals surface area contributed by atoms with Crippen molar-refractivity contribution in [3.8, 4) is 0 Å². The van der Waals surface area contributed by atoms with Gasteiger partial charge >= 0.3 is 5.69 Å². The second kappa shape index (κ2) is 5.09. The van der Waals surface area contributed by atoms with Crippen LogP contribution in [-0.4, -0.2) is 69.7 Å². The molecular formula is C12H18N4O6. The number of aliphatic hydroxyl groups is 3. The first-order chi connectivity index (χ1) is 10.4. The Labute approximate surface area is 124 Å². The molecule has 4 atom stereocenters. The summed E-state index contributed by atoms with van der Waals surface area (Å²) in [7, 11) is 3.16. The predicted molar refractivity (Wildman–Crippen MR) is 75.8 cm³/mol. The summed E-state index contributed by atoms with van der Waals surface area (Å²) in [6.07, 6.45) is -4.41. The Hall–Kier alpha value is -1.88. The van der Waals surface area contributed by atoms with Gasteiger partial charge in [-0.1, -0.05) is 0 Å². The summed E-state index contributed by atoms with van der Waals surface area (Å²) in [6, 6.07) is 0. The maximum absolute atomic E-state index is 12.0. The maximum Gasteiger partial charge on any atom is 0.329 e. The van der Waals surface area contributed by atoms with Crippen molar-refractivity contribution in [2.45, 2.75) is 24.5 Å². The Morgan fingerprint density at radius 1 is 1.27 bits per heavy atom. The molecule has 1 saturated heterocycles. The second-order valence-corrected chi connectivity index (χ2v) is 5.53. The second-order valence-electron chi connectivity index (χ2n) is 5.53. The SMILES string of the molecule is CN1CN([C@@H]2O[C@H](CO)[C@@H](O)[C@H]2O)c2c1c(=O)[nH]c(=O)n2C. The summed E-state index contributed by atoms with van der Waals surface area (Å²) < 4.78 is 6.73. The topological polar surface area (TPSA) is 131 Å². The molecule has 10 heteroatoms. The van der Waals surface area contributed by atoms with Gasteiger partial charge in [-0.25, -0.2) is 4.79 Å². The summed E-state index contributed by atoms with van der Waals surface area (Å²) >= 11 is 0. The van der Waals surface area contributed by atoms with Crippen molar-refractivity contribution < 1.29 is 20.1 Å². The molecule has 1 aromatic rings. The van der Waals surface area contributed by atoms with E-state index in [1.54, 1.807) is 11.9 Å². The number of ether oxygens (including phenoxy) is 1. The van der Waals surface area contributed by atoms with E-state index in [0.29, 0.717) is 5.82 Å². The van der Waals surface area contributed by atoms with Crippen molar-refractivity contribution in [3.05, 3.63) is 20.8 Å². The maximum atomic E-state index is 12.0. The highest BCUT2D eigenvalue weighted by molar-refractivity contribution is 5.71. The lowest BCUT2D eigenvalue weighted by atomic mass is 10.1. The number of hydrogen-bond acceptors (Lipinski definition) is 8. The van der Waals surface area contributed by atoms with Crippen LogP contribution in [0.2, 0.25) is 0 Å². The van der Waals surface area contributed by atoms with Crippen LogP contribution in [0.5, 0.6) is 0 Å². The molecule has 0 radical (unpaired) electrons. The van der Waals surface area contributed by atoms with Gasteiger partial charge in [0.25, 0.3) is 5.56 Å². The van der Waals surface area contributed by atoms with Gasteiger partial charge in [0.1, 0.15) is 29.8 Å². The van der Waals surface area contributed by atoms with Crippen LogP contribution in [0, 0.1) is 0 Å². The standard InChI is InChI=1S/C12H18N4O6/c1-14-4-16(11-8(19)7(18)5(3-17)22-11)10-6(14)9(20)13-12(21)15(10)2/h5,7-8,11,17-19H,3-4H2,1-2H3,(H,13,20,21)/t5-,7-,8-,11-/m1/s1. The minimum absolute atomic E-state index is 0.197. The van der Waals surface area contributed by atoms with E-state index in [1.165, 1.54) is 16.5 Å². The van der Waals surface area contributed by atoms with Gasteiger partial charge in [0.05, 0.1) is 13.3 Å². The number of H-pyrrole nitrogens is 1. The van der Waals surface area contributed by atoms with Crippen LogP contribution >= 0.6 is 0 Å². The molecule has 0 saturated carbocycles. The van der Waals surface area contributed by atoms with Crippen molar-refractivity contribution in [2.75, 3.05) is 30.1 Å². The minimum Gasteiger partial charge on any atom is -0.394 e. The minimum atomic E-state index is -1.27. The lowest BCUT2D eigenvalue weighted by Crippen LogP contribution is -2.46. The third kappa shape index (κ3) is 1.96. The van der Waals surface area contributed by atoms with E-state index >= 15 is 0 Å². The molecular weight excluding hydrogens is 296 g/mol.